The molecular formula is C19H24F3NO2. The summed E-state index contributed by atoms with van der Waals surface area (Å²) in [5.74, 6) is 0.130. The third-order valence-electron chi connectivity index (χ3n) is 6.17. The minimum Gasteiger partial charge on any atom is -0.390 e. The Kier molecular flexibility index (Phi) is 4.38. The van der Waals surface area contributed by atoms with Crippen LogP contribution >= 0.6 is 0 Å². The van der Waals surface area contributed by atoms with Crippen molar-refractivity contribution in [1.82, 2.24) is 0 Å². The number of amides is 1. The average molecular weight is 355 g/mol. The van der Waals surface area contributed by atoms with E-state index in [2.05, 4.69) is 0 Å². The van der Waals surface area contributed by atoms with Gasteiger partial charge in [-0.15, -0.1) is 0 Å². The number of hydrogen-bond acceptors (Lipinski definition) is 2. The summed E-state index contributed by atoms with van der Waals surface area (Å²) in [5, 5.41) is 10.6. The maximum atomic E-state index is 13.0. The molecule has 0 atom stereocenters. The standard InChI is InChI=1S/C19H24F3NO2/c1-13(2)18(25)9-7-17(8-10-18)11-12-23(16(17)24)15-5-3-14(4-6-15)19(20,21)22/h3-6,13,25H,7-12H2,1-2H3. The van der Waals surface area contributed by atoms with Gasteiger partial charge < -0.3 is 10.0 Å². The highest BCUT2D eigenvalue weighted by molar-refractivity contribution is 6.00. The van der Waals surface area contributed by atoms with Gasteiger partial charge in [0.1, 0.15) is 0 Å². The first-order valence-electron chi connectivity index (χ1n) is 8.79. The number of carbonyl (C=O) groups is 1. The van der Waals surface area contributed by atoms with Gasteiger partial charge in [-0.05, 0) is 62.3 Å². The lowest BCUT2D eigenvalue weighted by Gasteiger charge is -2.43. The van der Waals surface area contributed by atoms with E-state index in [4.69, 9.17) is 0 Å². The lowest BCUT2D eigenvalue weighted by molar-refractivity contribution is -0.137. The van der Waals surface area contributed by atoms with Crippen molar-refractivity contribution in [3.05, 3.63) is 29.8 Å². The van der Waals surface area contributed by atoms with Crippen LogP contribution in [-0.4, -0.2) is 23.2 Å². The zero-order valence-corrected chi connectivity index (χ0v) is 14.6. The van der Waals surface area contributed by atoms with Crippen molar-refractivity contribution in [2.45, 2.75) is 57.7 Å². The number of nitrogens with zero attached hydrogens (tertiary/aromatic N) is 1. The van der Waals surface area contributed by atoms with Crippen LogP contribution in [0.5, 0.6) is 0 Å². The third kappa shape index (κ3) is 3.16. The topological polar surface area (TPSA) is 40.5 Å². The predicted molar refractivity (Wildman–Crippen MR) is 89.1 cm³/mol. The highest BCUT2D eigenvalue weighted by Gasteiger charge is 2.52. The maximum absolute atomic E-state index is 13.0. The second kappa shape index (κ2) is 6.01. The summed E-state index contributed by atoms with van der Waals surface area (Å²) in [7, 11) is 0. The summed E-state index contributed by atoms with van der Waals surface area (Å²) >= 11 is 0. The molecule has 0 radical (unpaired) electrons. The lowest BCUT2D eigenvalue weighted by atomic mass is 9.65. The van der Waals surface area contributed by atoms with E-state index in [1.165, 1.54) is 12.1 Å². The number of halogens is 3. The summed E-state index contributed by atoms with van der Waals surface area (Å²) in [6.07, 6.45) is -1.22. The molecule has 1 spiro atoms. The van der Waals surface area contributed by atoms with Crippen LogP contribution in [0, 0.1) is 11.3 Å². The Morgan fingerprint density at radius 1 is 1.04 bits per heavy atom. The van der Waals surface area contributed by atoms with E-state index in [0.717, 1.165) is 12.1 Å². The van der Waals surface area contributed by atoms with Crippen molar-refractivity contribution in [3.63, 3.8) is 0 Å². The van der Waals surface area contributed by atoms with Gasteiger partial charge in [-0.2, -0.15) is 13.2 Å². The number of hydrogen-bond donors (Lipinski definition) is 1. The van der Waals surface area contributed by atoms with Gasteiger partial charge in [-0.3, -0.25) is 4.79 Å². The molecule has 3 rings (SSSR count). The van der Waals surface area contributed by atoms with Crippen molar-refractivity contribution < 1.29 is 23.1 Å². The van der Waals surface area contributed by atoms with Gasteiger partial charge in [-0.25, -0.2) is 0 Å². The summed E-state index contributed by atoms with van der Waals surface area (Å²) in [6.45, 7) is 4.50. The van der Waals surface area contributed by atoms with Crippen LogP contribution in [0.2, 0.25) is 0 Å². The van der Waals surface area contributed by atoms with Crippen LogP contribution in [0.3, 0.4) is 0 Å². The molecule has 1 saturated heterocycles. The average Bonchev–Trinajstić information content (AvgIpc) is 2.87. The number of alkyl halides is 3. The molecule has 1 aromatic carbocycles. The van der Waals surface area contributed by atoms with Crippen molar-refractivity contribution in [1.29, 1.82) is 0 Å². The number of benzene rings is 1. The van der Waals surface area contributed by atoms with Gasteiger partial charge in [0.05, 0.1) is 16.6 Å². The van der Waals surface area contributed by atoms with Crippen molar-refractivity contribution in [3.8, 4) is 0 Å². The molecule has 138 valence electrons. The maximum Gasteiger partial charge on any atom is 0.416 e. The van der Waals surface area contributed by atoms with Crippen LogP contribution < -0.4 is 4.90 Å². The Morgan fingerprint density at radius 3 is 2.08 bits per heavy atom. The first-order valence-corrected chi connectivity index (χ1v) is 8.79. The third-order valence-corrected chi connectivity index (χ3v) is 6.17. The fourth-order valence-corrected chi connectivity index (χ4v) is 4.10. The Hall–Kier alpha value is -1.56. The molecule has 1 aromatic rings. The van der Waals surface area contributed by atoms with Crippen LogP contribution in [0.15, 0.2) is 24.3 Å². The van der Waals surface area contributed by atoms with Crippen LogP contribution in [0.25, 0.3) is 0 Å². The van der Waals surface area contributed by atoms with E-state index in [-0.39, 0.29) is 11.8 Å². The van der Waals surface area contributed by atoms with Crippen molar-refractivity contribution in [2.75, 3.05) is 11.4 Å². The van der Waals surface area contributed by atoms with Gasteiger partial charge in [0.15, 0.2) is 0 Å². The molecule has 1 aliphatic heterocycles. The Morgan fingerprint density at radius 2 is 1.60 bits per heavy atom. The lowest BCUT2D eigenvalue weighted by Crippen LogP contribution is -2.46. The molecule has 2 fully saturated rings. The van der Waals surface area contributed by atoms with E-state index in [1.807, 2.05) is 13.8 Å². The second-order valence-electron chi connectivity index (χ2n) is 7.79. The SMILES string of the molecule is CC(C)C1(O)CCC2(CCN(c3ccc(C(F)(F)F)cc3)C2=O)CC1. The Balaban J connectivity index is 1.75. The molecule has 0 bridgehead atoms. The highest BCUT2D eigenvalue weighted by Crippen LogP contribution is 2.50. The Labute approximate surface area is 145 Å². The number of anilines is 1. The van der Waals surface area contributed by atoms with Crippen LogP contribution in [-0.2, 0) is 11.0 Å². The summed E-state index contributed by atoms with van der Waals surface area (Å²) in [4.78, 5) is 14.6. The number of aliphatic hydroxyl groups is 1. The minimum absolute atomic E-state index is 0.0157. The molecule has 3 nitrogen and oxygen atoms in total. The summed E-state index contributed by atoms with van der Waals surface area (Å²) in [5.41, 5.74) is -1.38. The van der Waals surface area contributed by atoms with Gasteiger partial charge in [-0.1, -0.05) is 13.8 Å². The first-order chi connectivity index (χ1) is 11.6. The van der Waals surface area contributed by atoms with E-state index in [1.54, 1.807) is 4.90 Å². The normalized spacial score (nSPS) is 30.5. The van der Waals surface area contributed by atoms with Gasteiger partial charge >= 0.3 is 6.18 Å². The van der Waals surface area contributed by atoms with Crippen molar-refractivity contribution in [2.24, 2.45) is 11.3 Å². The molecule has 1 heterocycles. The monoisotopic (exact) mass is 355 g/mol. The van der Waals surface area contributed by atoms with Crippen LogP contribution in [0.1, 0.15) is 51.5 Å². The fourth-order valence-electron chi connectivity index (χ4n) is 4.10. The first kappa shape index (κ1) is 18.2. The quantitative estimate of drug-likeness (QED) is 0.855. The van der Waals surface area contributed by atoms with E-state index >= 15 is 0 Å². The van der Waals surface area contributed by atoms with E-state index in [9.17, 15) is 23.1 Å². The van der Waals surface area contributed by atoms with Gasteiger partial charge in [0, 0.05) is 12.2 Å². The minimum atomic E-state index is -4.38. The molecule has 0 aromatic heterocycles. The van der Waals surface area contributed by atoms with Gasteiger partial charge in [0.25, 0.3) is 0 Å². The number of carbonyl (C=O) groups excluding carboxylic acids is 1. The molecule has 25 heavy (non-hydrogen) atoms. The zero-order valence-electron chi connectivity index (χ0n) is 14.6. The molecule has 1 amide bonds. The largest absolute Gasteiger partial charge is 0.416 e. The molecule has 0 unspecified atom stereocenters. The molecule has 1 aliphatic carbocycles. The molecule has 1 saturated carbocycles. The molecule has 2 aliphatic rings. The van der Waals surface area contributed by atoms with E-state index in [0.29, 0.717) is 44.3 Å². The summed E-state index contributed by atoms with van der Waals surface area (Å²) < 4.78 is 38.1. The van der Waals surface area contributed by atoms with Crippen LogP contribution in [0.4, 0.5) is 18.9 Å². The predicted octanol–water partition coefficient (Wildman–Crippen LogP) is 4.39. The molecule has 1 N–H and O–H groups in total. The highest BCUT2D eigenvalue weighted by atomic mass is 19.4. The van der Waals surface area contributed by atoms with Gasteiger partial charge in [0.2, 0.25) is 5.91 Å². The molecular weight excluding hydrogens is 331 g/mol. The summed E-state index contributed by atoms with van der Waals surface area (Å²) in [6, 6.07) is 4.78. The second-order valence-corrected chi connectivity index (χ2v) is 7.79. The smallest absolute Gasteiger partial charge is 0.390 e. The Bertz CT molecular complexity index is 644. The zero-order chi connectivity index (χ0) is 18.5. The van der Waals surface area contributed by atoms with Crippen molar-refractivity contribution >= 4 is 11.6 Å². The fraction of sp³-hybridized carbons (Fsp3) is 0.632. The molecule has 6 heteroatoms. The van der Waals surface area contributed by atoms with E-state index < -0.39 is 22.8 Å². The number of rotatable bonds is 2.